The van der Waals surface area contributed by atoms with E-state index < -0.39 is 0 Å². The second-order valence-electron chi connectivity index (χ2n) is 13.0. The van der Waals surface area contributed by atoms with Crippen LogP contribution in [0.5, 0.6) is 0 Å². The highest BCUT2D eigenvalue weighted by molar-refractivity contribution is 6.28. The molecule has 9 rings (SSSR count). The Kier molecular flexibility index (Phi) is 7.69. The summed E-state index contributed by atoms with van der Waals surface area (Å²) in [5.41, 5.74) is 6.31. The number of hydrogen-bond acceptors (Lipinski definition) is 2. The molecule has 0 unspecified atom stereocenters. The van der Waals surface area contributed by atoms with Gasteiger partial charge in [0, 0.05) is 11.1 Å². The van der Waals surface area contributed by atoms with Gasteiger partial charge in [0.25, 0.3) is 0 Å². The SMILES string of the molecule is N#Cc1ccc(C(/C=C/c2c3ccccc3c(-c3c4ccccc4cc4c3ccc3ccccc34)c3ccccc23)=NC(=N)c2ccccc2)cc1. The lowest BCUT2D eigenvalue weighted by Gasteiger charge is -2.20. The summed E-state index contributed by atoms with van der Waals surface area (Å²) in [4.78, 5) is 4.84. The molecule has 0 aliphatic rings. The maximum absolute atomic E-state index is 9.45. The van der Waals surface area contributed by atoms with Crippen LogP contribution in [-0.2, 0) is 0 Å². The van der Waals surface area contributed by atoms with E-state index in [-0.39, 0.29) is 5.84 Å². The molecule has 0 heterocycles. The van der Waals surface area contributed by atoms with Crippen molar-refractivity contribution in [1.29, 1.82) is 10.7 Å². The Morgan fingerprint density at radius 2 is 1.02 bits per heavy atom. The van der Waals surface area contributed by atoms with Gasteiger partial charge >= 0.3 is 0 Å². The predicted molar refractivity (Wildman–Crippen MR) is 219 cm³/mol. The van der Waals surface area contributed by atoms with Gasteiger partial charge in [-0.05, 0) is 94.8 Å². The summed E-state index contributed by atoms with van der Waals surface area (Å²) < 4.78 is 0. The van der Waals surface area contributed by atoms with Crippen molar-refractivity contribution in [2.75, 3.05) is 0 Å². The van der Waals surface area contributed by atoms with Crippen LogP contribution in [0.2, 0.25) is 0 Å². The van der Waals surface area contributed by atoms with Gasteiger partial charge in [-0.3, -0.25) is 5.41 Å². The van der Waals surface area contributed by atoms with Crippen molar-refractivity contribution in [3.8, 4) is 17.2 Å². The summed E-state index contributed by atoms with van der Waals surface area (Å²) in [6, 6.07) is 60.7. The maximum Gasteiger partial charge on any atom is 0.152 e. The van der Waals surface area contributed by atoms with Crippen LogP contribution >= 0.6 is 0 Å². The molecule has 0 aliphatic heterocycles. The molecule has 0 radical (unpaired) electrons. The van der Waals surface area contributed by atoms with Crippen molar-refractivity contribution in [3.63, 3.8) is 0 Å². The van der Waals surface area contributed by atoms with Gasteiger partial charge in [0.15, 0.2) is 5.84 Å². The van der Waals surface area contributed by atoms with Crippen LogP contribution in [0.4, 0.5) is 0 Å². The Bertz CT molecular complexity index is 2910. The van der Waals surface area contributed by atoms with E-state index in [0.717, 1.165) is 27.5 Å². The van der Waals surface area contributed by atoms with Crippen LogP contribution in [0.15, 0.2) is 181 Å². The minimum absolute atomic E-state index is 0.171. The van der Waals surface area contributed by atoms with Gasteiger partial charge in [-0.1, -0.05) is 158 Å². The van der Waals surface area contributed by atoms with E-state index in [4.69, 9.17) is 10.4 Å². The number of nitriles is 1. The topological polar surface area (TPSA) is 60.0 Å². The molecule has 0 saturated carbocycles. The fraction of sp³-hybridized carbons (Fsp3) is 0. The molecule has 0 aromatic heterocycles. The maximum atomic E-state index is 9.45. The van der Waals surface area contributed by atoms with Gasteiger partial charge in [-0.15, -0.1) is 0 Å². The normalized spacial score (nSPS) is 11.9. The molecule has 52 heavy (non-hydrogen) atoms. The zero-order chi connectivity index (χ0) is 35.0. The molecule has 0 atom stereocenters. The summed E-state index contributed by atoms with van der Waals surface area (Å²) in [5, 5.41) is 30.3. The number of nitrogens with zero attached hydrogens (tertiary/aromatic N) is 2. The van der Waals surface area contributed by atoms with Crippen molar-refractivity contribution in [2.24, 2.45) is 4.99 Å². The molecule has 0 aliphatic carbocycles. The molecule has 0 spiro atoms. The first-order chi connectivity index (χ1) is 25.7. The van der Waals surface area contributed by atoms with Crippen LogP contribution in [0.1, 0.15) is 22.3 Å². The molecule has 0 amide bonds. The molecular formula is C49H31N3. The van der Waals surface area contributed by atoms with Crippen LogP contribution in [-0.4, -0.2) is 11.5 Å². The molecule has 1 N–H and O–H groups in total. The predicted octanol–water partition coefficient (Wildman–Crippen LogP) is 12.5. The van der Waals surface area contributed by atoms with Crippen LogP contribution in [0.25, 0.3) is 71.1 Å². The summed E-state index contributed by atoms with van der Waals surface area (Å²) in [6.45, 7) is 0. The lowest BCUT2D eigenvalue weighted by Crippen LogP contribution is -2.04. The fourth-order valence-corrected chi connectivity index (χ4v) is 7.56. The Morgan fingerprint density at radius 3 is 1.69 bits per heavy atom. The van der Waals surface area contributed by atoms with Crippen molar-refractivity contribution < 1.29 is 0 Å². The van der Waals surface area contributed by atoms with Crippen LogP contribution in [0, 0.1) is 16.7 Å². The molecule has 0 saturated heterocycles. The second kappa shape index (κ2) is 12.9. The van der Waals surface area contributed by atoms with Gasteiger partial charge in [0.1, 0.15) is 0 Å². The molecule has 0 bridgehead atoms. The van der Waals surface area contributed by atoms with Crippen molar-refractivity contribution in [2.45, 2.75) is 0 Å². The van der Waals surface area contributed by atoms with E-state index in [1.165, 1.54) is 54.2 Å². The van der Waals surface area contributed by atoms with E-state index in [1.54, 1.807) is 12.1 Å². The smallest absolute Gasteiger partial charge is 0.152 e. The first kappa shape index (κ1) is 30.9. The van der Waals surface area contributed by atoms with E-state index in [9.17, 15) is 5.26 Å². The number of rotatable bonds is 5. The van der Waals surface area contributed by atoms with E-state index in [0.29, 0.717) is 11.3 Å². The van der Waals surface area contributed by atoms with Crippen molar-refractivity contribution in [1.82, 2.24) is 0 Å². The van der Waals surface area contributed by atoms with Crippen molar-refractivity contribution >= 4 is 71.5 Å². The number of nitrogens with one attached hydrogen (secondary N) is 1. The fourth-order valence-electron chi connectivity index (χ4n) is 7.56. The largest absolute Gasteiger partial charge is 0.282 e. The number of allylic oxidation sites excluding steroid dienone is 1. The third-order valence-electron chi connectivity index (χ3n) is 9.99. The minimum atomic E-state index is 0.171. The van der Waals surface area contributed by atoms with Crippen LogP contribution in [0.3, 0.4) is 0 Å². The average molecular weight is 662 g/mol. The summed E-state index contributed by atoms with van der Waals surface area (Å²) in [5.74, 6) is 0.171. The quantitative estimate of drug-likeness (QED) is 0.0848. The number of hydrogen-bond donors (Lipinski definition) is 1. The van der Waals surface area contributed by atoms with Gasteiger partial charge in [0.05, 0.1) is 17.3 Å². The lowest BCUT2D eigenvalue weighted by molar-refractivity contribution is 1.41. The minimum Gasteiger partial charge on any atom is -0.282 e. The van der Waals surface area contributed by atoms with E-state index in [1.807, 2.05) is 48.5 Å². The molecule has 242 valence electrons. The highest BCUT2D eigenvalue weighted by atomic mass is 14.8. The number of fused-ring (bicyclic) bond motifs is 6. The highest BCUT2D eigenvalue weighted by Crippen LogP contribution is 2.46. The first-order valence-corrected chi connectivity index (χ1v) is 17.4. The number of benzene rings is 9. The number of amidine groups is 1. The third kappa shape index (κ3) is 5.31. The van der Waals surface area contributed by atoms with Gasteiger partial charge in [0.2, 0.25) is 0 Å². The monoisotopic (exact) mass is 661 g/mol. The second-order valence-corrected chi connectivity index (χ2v) is 13.0. The molecule has 9 aromatic carbocycles. The zero-order valence-corrected chi connectivity index (χ0v) is 28.2. The Morgan fingerprint density at radius 1 is 0.481 bits per heavy atom. The highest BCUT2D eigenvalue weighted by Gasteiger charge is 2.19. The van der Waals surface area contributed by atoms with Crippen LogP contribution < -0.4 is 0 Å². The first-order valence-electron chi connectivity index (χ1n) is 17.4. The Labute approximate surface area is 301 Å². The Balaban J connectivity index is 1.32. The summed E-state index contributed by atoms with van der Waals surface area (Å²) >= 11 is 0. The molecule has 3 heteroatoms. The summed E-state index contributed by atoms with van der Waals surface area (Å²) in [7, 11) is 0. The number of aliphatic imine (C=N–C) groups is 1. The molecule has 0 fully saturated rings. The zero-order valence-electron chi connectivity index (χ0n) is 28.2. The standard InChI is InChI=1S/C49H31N3/c50-31-32-22-24-34(25-23-32)46(52-49(51)35-13-2-1-3-14-35)29-28-41-39-18-8-10-20-42(39)48(43-21-11-9-19-40(41)43)47-38-17-7-5-15-36(38)30-45-37-16-6-4-12-33(37)26-27-44(45)47/h1-30,51H/b29-28+,51-49?,52-46?. The molecule has 3 nitrogen and oxygen atoms in total. The van der Waals surface area contributed by atoms with Gasteiger partial charge in [-0.2, -0.15) is 5.26 Å². The summed E-state index contributed by atoms with van der Waals surface area (Å²) in [6.07, 6.45) is 4.14. The van der Waals surface area contributed by atoms with E-state index in [2.05, 4.69) is 127 Å². The van der Waals surface area contributed by atoms with Gasteiger partial charge < -0.3 is 0 Å². The molecule has 9 aromatic rings. The lowest BCUT2D eigenvalue weighted by atomic mass is 9.83. The molecular weight excluding hydrogens is 631 g/mol. The average Bonchev–Trinajstić information content (AvgIpc) is 3.21. The Hall–Kier alpha value is -7.15. The van der Waals surface area contributed by atoms with E-state index >= 15 is 0 Å². The van der Waals surface area contributed by atoms with Crippen molar-refractivity contribution in [3.05, 3.63) is 198 Å². The third-order valence-corrected chi connectivity index (χ3v) is 9.99. The van der Waals surface area contributed by atoms with Gasteiger partial charge in [-0.25, -0.2) is 4.99 Å².